The van der Waals surface area contributed by atoms with Crippen molar-refractivity contribution in [3.8, 4) is 0 Å². The minimum Gasteiger partial charge on any atom is -0.478 e. The fourth-order valence-corrected chi connectivity index (χ4v) is 3.24. The molecule has 9 heteroatoms. The molecule has 30 heavy (non-hydrogen) atoms. The average Bonchev–Trinajstić information content (AvgIpc) is 3.19. The van der Waals surface area contributed by atoms with Gasteiger partial charge in [-0.2, -0.15) is 0 Å². The van der Waals surface area contributed by atoms with Crippen molar-refractivity contribution in [1.82, 2.24) is 0 Å². The highest BCUT2D eigenvalue weighted by Crippen LogP contribution is 2.33. The topological polar surface area (TPSA) is 123 Å². The standard InChI is InChI=1S/C21H21NO8/c1-21(29-8-9-30-21)14-4-3-5-15(11-14)22(20(27)28-2)12-13-6-7-16(18(23)24)17(10-13)19(25)26/h3-7,10-11H,8-9,12H2,1-2H3,(H,23,24)(H,25,26). The van der Waals surface area contributed by atoms with Gasteiger partial charge in [0, 0.05) is 11.3 Å². The monoisotopic (exact) mass is 415 g/mol. The molecule has 2 N–H and O–H groups in total. The van der Waals surface area contributed by atoms with Gasteiger partial charge in [-0.15, -0.1) is 0 Å². The zero-order valence-electron chi connectivity index (χ0n) is 16.5. The largest absolute Gasteiger partial charge is 0.478 e. The second-order valence-electron chi connectivity index (χ2n) is 6.74. The highest BCUT2D eigenvalue weighted by atomic mass is 16.7. The summed E-state index contributed by atoms with van der Waals surface area (Å²) in [7, 11) is 1.24. The van der Waals surface area contributed by atoms with Gasteiger partial charge in [0.05, 0.1) is 38.0 Å². The highest BCUT2D eigenvalue weighted by Gasteiger charge is 2.33. The zero-order valence-corrected chi connectivity index (χ0v) is 16.5. The summed E-state index contributed by atoms with van der Waals surface area (Å²) in [6, 6.07) is 10.9. The number of aromatic carboxylic acids is 2. The molecular formula is C21H21NO8. The fraction of sp³-hybridized carbons (Fsp3) is 0.286. The predicted molar refractivity (Wildman–Crippen MR) is 105 cm³/mol. The number of carboxylic acid groups (broad SMARTS) is 2. The van der Waals surface area contributed by atoms with E-state index >= 15 is 0 Å². The van der Waals surface area contributed by atoms with Crippen LogP contribution in [0.3, 0.4) is 0 Å². The number of hydrogen-bond donors (Lipinski definition) is 2. The molecule has 2 aromatic rings. The van der Waals surface area contributed by atoms with E-state index in [1.807, 2.05) is 6.07 Å². The molecule has 0 bridgehead atoms. The number of carbonyl (C=O) groups excluding carboxylic acids is 1. The predicted octanol–water partition coefficient (Wildman–Crippen LogP) is 3.08. The molecule has 0 unspecified atom stereocenters. The third kappa shape index (κ3) is 4.27. The van der Waals surface area contributed by atoms with E-state index in [0.29, 0.717) is 30.0 Å². The number of amides is 1. The van der Waals surface area contributed by atoms with Crippen molar-refractivity contribution >= 4 is 23.7 Å². The Balaban J connectivity index is 1.97. The Hall–Kier alpha value is -3.43. The minimum absolute atomic E-state index is 0.0330. The van der Waals surface area contributed by atoms with Gasteiger partial charge >= 0.3 is 18.0 Å². The van der Waals surface area contributed by atoms with Crippen molar-refractivity contribution < 1.29 is 38.8 Å². The number of hydrogen-bond acceptors (Lipinski definition) is 6. The summed E-state index contributed by atoms with van der Waals surface area (Å²) < 4.78 is 16.2. The van der Waals surface area contributed by atoms with Crippen LogP contribution in [0.15, 0.2) is 42.5 Å². The van der Waals surface area contributed by atoms with Crippen LogP contribution in [-0.4, -0.2) is 48.6 Å². The summed E-state index contributed by atoms with van der Waals surface area (Å²) in [6.07, 6.45) is -0.662. The van der Waals surface area contributed by atoms with E-state index in [4.69, 9.17) is 14.2 Å². The van der Waals surface area contributed by atoms with Crippen molar-refractivity contribution in [2.45, 2.75) is 19.3 Å². The van der Waals surface area contributed by atoms with Crippen LogP contribution in [-0.2, 0) is 26.5 Å². The fourth-order valence-electron chi connectivity index (χ4n) is 3.24. The maximum atomic E-state index is 12.5. The number of rotatable bonds is 6. The summed E-state index contributed by atoms with van der Waals surface area (Å²) in [5.74, 6) is -3.65. The van der Waals surface area contributed by atoms with Gasteiger partial charge in [-0.25, -0.2) is 14.4 Å². The van der Waals surface area contributed by atoms with Gasteiger partial charge in [0.25, 0.3) is 0 Å². The molecule has 2 aromatic carbocycles. The van der Waals surface area contributed by atoms with E-state index in [-0.39, 0.29) is 17.7 Å². The van der Waals surface area contributed by atoms with Crippen LogP contribution in [0.4, 0.5) is 10.5 Å². The number of methoxy groups -OCH3 is 1. The van der Waals surface area contributed by atoms with Gasteiger partial charge in [0.1, 0.15) is 0 Å². The molecule has 1 fully saturated rings. The van der Waals surface area contributed by atoms with Crippen LogP contribution in [0.5, 0.6) is 0 Å². The lowest BCUT2D eigenvalue weighted by Gasteiger charge is -2.26. The Morgan fingerprint density at radius 2 is 1.70 bits per heavy atom. The molecule has 3 rings (SSSR count). The number of ether oxygens (including phenoxy) is 3. The third-order valence-electron chi connectivity index (χ3n) is 4.80. The lowest BCUT2D eigenvalue weighted by Crippen LogP contribution is -2.31. The maximum absolute atomic E-state index is 12.5. The minimum atomic E-state index is -1.37. The third-order valence-corrected chi connectivity index (χ3v) is 4.80. The van der Waals surface area contributed by atoms with Crippen molar-refractivity contribution in [3.63, 3.8) is 0 Å². The molecule has 9 nitrogen and oxygen atoms in total. The van der Waals surface area contributed by atoms with Crippen molar-refractivity contribution in [2.24, 2.45) is 0 Å². The molecule has 0 aromatic heterocycles. The number of carboxylic acids is 2. The van der Waals surface area contributed by atoms with E-state index in [1.54, 1.807) is 25.1 Å². The average molecular weight is 415 g/mol. The molecular weight excluding hydrogens is 394 g/mol. The van der Waals surface area contributed by atoms with E-state index < -0.39 is 23.8 Å². The smallest absolute Gasteiger partial charge is 0.414 e. The zero-order chi connectivity index (χ0) is 21.9. The van der Waals surface area contributed by atoms with Crippen LogP contribution in [0.1, 0.15) is 38.8 Å². The molecule has 0 aliphatic carbocycles. The van der Waals surface area contributed by atoms with Gasteiger partial charge in [-0.1, -0.05) is 18.2 Å². The van der Waals surface area contributed by atoms with Crippen molar-refractivity contribution in [1.29, 1.82) is 0 Å². The van der Waals surface area contributed by atoms with Crippen LogP contribution in [0, 0.1) is 0 Å². The summed E-state index contributed by atoms with van der Waals surface area (Å²) in [5, 5.41) is 18.5. The Kier molecular flexibility index (Phi) is 6.04. The highest BCUT2D eigenvalue weighted by molar-refractivity contribution is 6.01. The van der Waals surface area contributed by atoms with Gasteiger partial charge < -0.3 is 24.4 Å². The van der Waals surface area contributed by atoms with E-state index in [0.717, 1.165) is 0 Å². The van der Waals surface area contributed by atoms with Crippen LogP contribution in [0.25, 0.3) is 0 Å². The first kappa shape index (κ1) is 21.3. The van der Waals surface area contributed by atoms with Crippen LogP contribution < -0.4 is 4.90 Å². The van der Waals surface area contributed by atoms with Crippen molar-refractivity contribution in [3.05, 3.63) is 64.7 Å². The second kappa shape index (κ2) is 8.52. The normalized spacial score (nSPS) is 14.9. The van der Waals surface area contributed by atoms with Gasteiger partial charge in [0.15, 0.2) is 5.79 Å². The Morgan fingerprint density at radius 1 is 1.03 bits per heavy atom. The lowest BCUT2D eigenvalue weighted by molar-refractivity contribution is -0.149. The maximum Gasteiger partial charge on any atom is 0.414 e. The number of carbonyl (C=O) groups is 3. The lowest BCUT2D eigenvalue weighted by atomic mass is 10.0. The Morgan fingerprint density at radius 3 is 2.30 bits per heavy atom. The number of benzene rings is 2. The van der Waals surface area contributed by atoms with E-state index in [1.165, 1.54) is 30.2 Å². The van der Waals surface area contributed by atoms with Gasteiger partial charge in [0.2, 0.25) is 0 Å². The SMILES string of the molecule is COC(=O)N(Cc1ccc(C(=O)O)c(C(=O)O)c1)c1cccc(C2(C)OCCO2)c1. The molecule has 0 saturated carbocycles. The number of nitrogens with zero attached hydrogens (tertiary/aromatic N) is 1. The first-order valence-electron chi connectivity index (χ1n) is 9.08. The molecule has 0 radical (unpaired) electrons. The van der Waals surface area contributed by atoms with Crippen molar-refractivity contribution in [2.75, 3.05) is 25.2 Å². The summed E-state index contributed by atoms with van der Waals surface area (Å²) in [4.78, 5) is 36.5. The molecule has 0 atom stereocenters. The molecule has 1 saturated heterocycles. The molecule has 1 amide bonds. The number of anilines is 1. The first-order valence-corrected chi connectivity index (χ1v) is 9.08. The molecule has 1 aliphatic rings. The summed E-state index contributed by atoms with van der Waals surface area (Å²) in [5.41, 5.74) is 0.922. The summed E-state index contributed by atoms with van der Waals surface area (Å²) >= 11 is 0. The summed E-state index contributed by atoms with van der Waals surface area (Å²) in [6.45, 7) is 2.66. The first-order chi connectivity index (χ1) is 14.2. The van der Waals surface area contributed by atoms with Crippen LogP contribution in [0.2, 0.25) is 0 Å². The van der Waals surface area contributed by atoms with E-state index in [9.17, 15) is 24.6 Å². The molecule has 0 spiro atoms. The second-order valence-corrected chi connectivity index (χ2v) is 6.74. The Labute approximate surface area is 172 Å². The quantitative estimate of drug-likeness (QED) is 0.738. The van der Waals surface area contributed by atoms with Gasteiger partial charge in [-0.3, -0.25) is 4.90 Å². The molecule has 1 aliphatic heterocycles. The molecule has 1 heterocycles. The van der Waals surface area contributed by atoms with Gasteiger partial charge in [-0.05, 0) is 36.8 Å². The van der Waals surface area contributed by atoms with Crippen LogP contribution >= 0.6 is 0 Å². The van der Waals surface area contributed by atoms with E-state index in [2.05, 4.69) is 0 Å². The Bertz CT molecular complexity index is 981. The molecule has 158 valence electrons.